The number of aromatic hydroxyl groups is 1. The fraction of sp³-hybridized carbons (Fsp3) is 0.0833. The first-order valence-electron chi connectivity index (χ1n) is 5.39. The molecule has 3 aromatic rings. The van der Waals surface area contributed by atoms with Crippen molar-refractivity contribution < 1.29 is 5.11 Å². The van der Waals surface area contributed by atoms with Crippen LogP contribution >= 0.6 is 0 Å². The van der Waals surface area contributed by atoms with Crippen LogP contribution in [0.3, 0.4) is 0 Å². The van der Waals surface area contributed by atoms with Gasteiger partial charge in [-0.1, -0.05) is 6.07 Å². The molecule has 0 bridgehead atoms. The highest BCUT2D eigenvalue weighted by molar-refractivity contribution is 5.75. The number of nitrogens with zero attached hydrogens (tertiary/aromatic N) is 3. The van der Waals surface area contributed by atoms with Crippen molar-refractivity contribution in [1.82, 2.24) is 19.6 Å². The Labute approximate surface area is 102 Å². The third kappa shape index (κ3) is 1.46. The molecule has 0 spiro atoms. The lowest BCUT2D eigenvalue weighted by Gasteiger charge is -2.01. The minimum Gasteiger partial charge on any atom is -0.493 e. The van der Waals surface area contributed by atoms with Crippen LogP contribution < -0.4 is 5.56 Å². The van der Waals surface area contributed by atoms with E-state index in [4.69, 9.17) is 0 Å². The van der Waals surface area contributed by atoms with E-state index in [9.17, 15) is 9.90 Å². The second kappa shape index (κ2) is 3.69. The first-order chi connectivity index (χ1) is 8.66. The Morgan fingerprint density at radius 2 is 2.22 bits per heavy atom. The smallest absolute Gasteiger partial charge is 0.257 e. The second-order valence-corrected chi connectivity index (χ2v) is 3.95. The molecule has 0 saturated heterocycles. The minimum absolute atomic E-state index is 0.204. The molecule has 18 heavy (non-hydrogen) atoms. The van der Waals surface area contributed by atoms with E-state index in [0.29, 0.717) is 11.4 Å². The number of rotatable bonds is 1. The number of aromatic amines is 1. The lowest BCUT2D eigenvalue weighted by molar-refractivity contribution is 0.447. The maximum atomic E-state index is 11.6. The van der Waals surface area contributed by atoms with Gasteiger partial charge in [0.25, 0.3) is 5.56 Å². The number of hydrogen-bond donors (Lipinski definition) is 2. The number of nitrogens with one attached hydrogen (secondary N) is 1. The largest absolute Gasteiger partial charge is 0.493 e. The average Bonchev–Trinajstić information content (AvgIpc) is 2.79. The summed E-state index contributed by atoms with van der Waals surface area (Å²) in [6.07, 6.45) is 3.40. The highest BCUT2D eigenvalue weighted by Gasteiger charge is 2.11. The molecule has 0 aliphatic carbocycles. The Hall–Kier alpha value is -2.63. The molecule has 90 valence electrons. The Kier molecular flexibility index (Phi) is 2.16. The van der Waals surface area contributed by atoms with Gasteiger partial charge in [-0.2, -0.15) is 10.1 Å². The van der Waals surface area contributed by atoms with Gasteiger partial charge in [0.1, 0.15) is 5.82 Å². The second-order valence-electron chi connectivity index (χ2n) is 3.95. The molecule has 0 fully saturated rings. The summed E-state index contributed by atoms with van der Waals surface area (Å²) in [6, 6.07) is 5.58. The molecular formula is C12H10N4O2. The third-order valence-corrected chi connectivity index (χ3v) is 2.81. The molecular weight excluding hydrogens is 232 g/mol. The molecule has 0 radical (unpaired) electrons. The van der Waals surface area contributed by atoms with Crippen LogP contribution in [0.15, 0.2) is 35.4 Å². The highest BCUT2D eigenvalue weighted by atomic mass is 16.3. The van der Waals surface area contributed by atoms with E-state index in [1.165, 1.54) is 6.92 Å². The zero-order valence-corrected chi connectivity index (χ0v) is 9.58. The van der Waals surface area contributed by atoms with Crippen molar-refractivity contribution in [3.63, 3.8) is 0 Å². The SMILES string of the molecule is Cc1c(O)nc(-c2cnn3ccccc23)[nH]c1=O. The van der Waals surface area contributed by atoms with Gasteiger partial charge in [-0.3, -0.25) is 4.79 Å². The highest BCUT2D eigenvalue weighted by Crippen LogP contribution is 2.21. The Bertz CT molecular complexity index is 788. The Morgan fingerprint density at radius 3 is 3.00 bits per heavy atom. The van der Waals surface area contributed by atoms with Crippen LogP contribution in [0.2, 0.25) is 0 Å². The van der Waals surface area contributed by atoms with E-state index >= 15 is 0 Å². The van der Waals surface area contributed by atoms with Gasteiger partial charge in [0, 0.05) is 6.20 Å². The monoisotopic (exact) mass is 242 g/mol. The molecule has 3 aromatic heterocycles. The molecule has 0 amide bonds. The van der Waals surface area contributed by atoms with Crippen molar-refractivity contribution in [1.29, 1.82) is 0 Å². The molecule has 6 nitrogen and oxygen atoms in total. The summed E-state index contributed by atoms with van der Waals surface area (Å²) in [5.41, 5.74) is 1.33. The van der Waals surface area contributed by atoms with Gasteiger partial charge in [0.2, 0.25) is 5.88 Å². The van der Waals surface area contributed by atoms with Gasteiger partial charge < -0.3 is 10.1 Å². The predicted molar refractivity (Wildman–Crippen MR) is 65.4 cm³/mol. The van der Waals surface area contributed by atoms with Crippen molar-refractivity contribution in [2.45, 2.75) is 6.92 Å². The molecule has 2 N–H and O–H groups in total. The Balaban J connectivity index is 2.30. The topological polar surface area (TPSA) is 83.3 Å². The molecule has 0 aromatic carbocycles. The van der Waals surface area contributed by atoms with E-state index < -0.39 is 0 Å². The summed E-state index contributed by atoms with van der Waals surface area (Å²) >= 11 is 0. The molecule has 0 aliphatic rings. The molecule has 0 atom stereocenters. The van der Waals surface area contributed by atoms with Gasteiger partial charge in [-0.15, -0.1) is 0 Å². The summed E-state index contributed by atoms with van der Waals surface area (Å²) in [7, 11) is 0. The van der Waals surface area contributed by atoms with Gasteiger partial charge in [-0.25, -0.2) is 4.52 Å². The summed E-state index contributed by atoms with van der Waals surface area (Å²) in [4.78, 5) is 18.2. The summed E-state index contributed by atoms with van der Waals surface area (Å²) in [5.74, 6) is 0.0494. The lowest BCUT2D eigenvalue weighted by atomic mass is 10.2. The van der Waals surface area contributed by atoms with Crippen molar-refractivity contribution in [3.05, 3.63) is 46.5 Å². The fourth-order valence-corrected chi connectivity index (χ4v) is 1.77. The van der Waals surface area contributed by atoms with E-state index in [1.54, 1.807) is 16.9 Å². The first kappa shape index (κ1) is 10.5. The van der Waals surface area contributed by atoms with Crippen LogP contribution in [0.25, 0.3) is 16.9 Å². The molecule has 0 aliphatic heterocycles. The third-order valence-electron chi connectivity index (χ3n) is 2.81. The standard InChI is InChI=1S/C12H10N4O2/c1-7-11(17)14-10(15-12(7)18)8-6-13-16-5-3-2-4-9(8)16/h2-6H,1H3,(H2,14,15,17,18). The van der Waals surface area contributed by atoms with E-state index in [0.717, 1.165) is 5.52 Å². The molecule has 0 unspecified atom stereocenters. The van der Waals surface area contributed by atoms with Gasteiger partial charge >= 0.3 is 0 Å². The zero-order valence-electron chi connectivity index (χ0n) is 9.58. The molecule has 6 heteroatoms. The van der Waals surface area contributed by atoms with E-state index in [2.05, 4.69) is 15.1 Å². The van der Waals surface area contributed by atoms with Crippen LogP contribution in [0.5, 0.6) is 5.88 Å². The van der Waals surface area contributed by atoms with Crippen molar-refractivity contribution in [2.24, 2.45) is 0 Å². The minimum atomic E-state index is -0.354. The number of pyridine rings is 1. The van der Waals surface area contributed by atoms with E-state index in [1.807, 2.05) is 18.2 Å². The van der Waals surface area contributed by atoms with E-state index in [-0.39, 0.29) is 17.0 Å². The van der Waals surface area contributed by atoms with Gasteiger partial charge in [0.15, 0.2) is 0 Å². The number of fused-ring (bicyclic) bond motifs is 1. The maximum absolute atomic E-state index is 11.6. The van der Waals surface area contributed by atoms with Gasteiger partial charge in [-0.05, 0) is 19.1 Å². The number of H-pyrrole nitrogens is 1. The van der Waals surface area contributed by atoms with Crippen LogP contribution in [0, 0.1) is 6.92 Å². The van der Waals surface area contributed by atoms with Gasteiger partial charge in [0.05, 0.1) is 22.8 Å². The van der Waals surface area contributed by atoms with Crippen molar-refractivity contribution in [3.8, 4) is 17.3 Å². The average molecular weight is 242 g/mol. The summed E-state index contributed by atoms with van der Waals surface area (Å²) < 4.78 is 1.67. The molecule has 0 saturated carbocycles. The molecule has 3 rings (SSSR count). The number of aromatic nitrogens is 4. The Morgan fingerprint density at radius 1 is 1.39 bits per heavy atom. The van der Waals surface area contributed by atoms with Crippen LogP contribution in [-0.2, 0) is 0 Å². The van der Waals surface area contributed by atoms with Crippen LogP contribution in [0.4, 0.5) is 0 Å². The maximum Gasteiger partial charge on any atom is 0.257 e. The first-order valence-corrected chi connectivity index (χ1v) is 5.39. The zero-order chi connectivity index (χ0) is 12.7. The van der Waals surface area contributed by atoms with Crippen LogP contribution in [-0.4, -0.2) is 24.7 Å². The van der Waals surface area contributed by atoms with Crippen LogP contribution in [0.1, 0.15) is 5.56 Å². The lowest BCUT2D eigenvalue weighted by Crippen LogP contribution is -2.12. The summed E-state index contributed by atoms with van der Waals surface area (Å²) in [5, 5.41) is 13.7. The quantitative estimate of drug-likeness (QED) is 0.669. The van der Waals surface area contributed by atoms with Crippen molar-refractivity contribution >= 4 is 5.52 Å². The number of hydrogen-bond acceptors (Lipinski definition) is 4. The summed E-state index contributed by atoms with van der Waals surface area (Å²) in [6.45, 7) is 1.51. The van der Waals surface area contributed by atoms with Crippen molar-refractivity contribution in [2.75, 3.05) is 0 Å². The normalized spacial score (nSPS) is 10.9. The fourth-order valence-electron chi connectivity index (χ4n) is 1.77. The predicted octanol–water partition coefficient (Wildman–Crippen LogP) is 1.10. The molecule has 3 heterocycles.